The van der Waals surface area contributed by atoms with Crippen molar-refractivity contribution in [1.29, 1.82) is 0 Å². The summed E-state index contributed by atoms with van der Waals surface area (Å²) in [6, 6.07) is 5.14. The number of hydrogen-bond donors (Lipinski definition) is 1. The van der Waals surface area contributed by atoms with Crippen LogP contribution in [0.4, 0.5) is 10.5 Å². The summed E-state index contributed by atoms with van der Waals surface area (Å²) in [5.74, 6) is 1.90. The van der Waals surface area contributed by atoms with Crippen molar-refractivity contribution in [1.82, 2.24) is 4.90 Å². The van der Waals surface area contributed by atoms with Crippen molar-refractivity contribution < 1.29 is 19.1 Å². The molecule has 1 aliphatic heterocycles. The summed E-state index contributed by atoms with van der Waals surface area (Å²) in [6.07, 6.45) is 7.56. The molecule has 6 heteroatoms. The molecule has 0 radical (unpaired) electrons. The van der Waals surface area contributed by atoms with E-state index in [4.69, 9.17) is 9.47 Å². The molecule has 0 spiro atoms. The summed E-state index contributed by atoms with van der Waals surface area (Å²) in [4.78, 5) is 26.9. The minimum atomic E-state index is -0.492. The number of methoxy groups -OCH3 is 1. The SMILES string of the molecule is CCCCOC(=O)Nc1ccc(C(=O)N2CC[C@H]3CCCCC3C2)c(OC)c1. The van der Waals surface area contributed by atoms with Crippen molar-refractivity contribution in [2.24, 2.45) is 11.8 Å². The van der Waals surface area contributed by atoms with Crippen LogP contribution in [0.5, 0.6) is 5.75 Å². The van der Waals surface area contributed by atoms with Gasteiger partial charge in [0.25, 0.3) is 5.91 Å². The highest BCUT2D eigenvalue weighted by Crippen LogP contribution is 2.37. The number of likely N-dealkylation sites (tertiary alicyclic amines) is 1. The maximum absolute atomic E-state index is 13.1. The molecule has 1 aromatic rings. The van der Waals surface area contributed by atoms with E-state index in [1.165, 1.54) is 25.7 Å². The summed E-state index contributed by atoms with van der Waals surface area (Å²) >= 11 is 0. The van der Waals surface area contributed by atoms with E-state index in [9.17, 15) is 9.59 Å². The number of piperidine rings is 1. The highest BCUT2D eigenvalue weighted by atomic mass is 16.5. The Labute approximate surface area is 167 Å². The lowest BCUT2D eigenvalue weighted by Gasteiger charge is -2.41. The van der Waals surface area contributed by atoms with Gasteiger partial charge in [-0.05, 0) is 43.2 Å². The van der Waals surface area contributed by atoms with Crippen molar-refractivity contribution in [3.05, 3.63) is 23.8 Å². The minimum Gasteiger partial charge on any atom is -0.496 e. The average molecular weight is 389 g/mol. The number of amides is 2. The van der Waals surface area contributed by atoms with Gasteiger partial charge >= 0.3 is 6.09 Å². The molecule has 3 rings (SSSR count). The van der Waals surface area contributed by atoms with E-state index in [2.05, 4.69) is 5.32 Å². The Hall–Kier alpha value is -2.24. The second kappa shape index (κ2) is 9.80. The maximum atomic E-state index is 13.1. The van der Waals surface area contributed by atoms with Crippen LogP contribution in [0, 0.1) is 11.8 Å². The molecular weight excluding hydrogens is 356 g/mol. The smallest absolute Gasteiger partial charge is 0.411 e. The second-order valence-electron chi connectivity index (χ2n) is 7.87. The topological polar surface area (TPSA) is 67.9 Å². The highest BCUT2D eigenvalue weighted by molar-refractivity contribution is 5.98. The van der Waals surface area contributed by atoms with E-state index in [0.717, 1.165) is 38.3 Å². The first-order chi connectivity index (χ1) is 13.6. The fourth-order valence-corrected chi connectivity index (χ4v) is 4.36. The average Bonchev–Trinajstić information content (AvgIpc) is 2.73. The fraction of sp³-hybridized carbons (Fsp3) is 0.636. The van der Waals surface area contributed by atoms with Crippen LogP contribution in [-0.2, 0) is 4.74 Å². The third-order valence-electron chi connectivity index (χ3n) is 5.99. The van der Waals surface area contributed by atoms with Crippen LogP contribution >= 0.6 is 0 Å². The Bertz CT molecular complexity index is 691. The number of ether oxygens (including phenoxy) is 2. The zero-order chi connectivity index (χ0) is 19.9. The number of benzene rings is 1. The molecule has 0 aromatic heterocycles. The van der Waals surface area contributed by atoms with Crippen molar-refractivity contribution in [2.75, 3.05) is 32.1 Å². The molecule has 2 fully saturated rings. The number of nitrogens with one attached hydrogen (secondary N) is 1. The summed E-state index contributed by atoms with van der Waals surface area (Å²) in [7, 11) is 1.54. The maximum Gasteiger partial charge on any atom is 0.411 e. The number of rotatable bonds is 6. The number of carbonyl (C=O) groups excluding carboxylic acids is 2. The van der Waals surface area contributed by atoms with Gasteiger partial charge in [0.05, 0.1) is 19.3 Å². The Morgan fingerprint density at radius 3 is 2.71 bits per heavy atom. The van der Waals surface area contributed by atoms with Crippen molar-refractivity contribution in [3.63, 3.8) is 0 Å². The predicted octanol–water partition coefficient (Wildman–Crippen LogP) is 4.70. The molecule has 1 saturated carbocycles. The number of carbonyl (C=O) groups is 2. The zero-order valence-electron chi connectivity index (χ0n) is 17.0. The second-order valence-corrected chi connectivity index (χ2v) is 7.87. The Morgan fingerprint density at radius 2 is 1.96 bits per heavy atom. The van der Waals surface area contributed by atoms with Gasteiger partial charge in [-0.15, -0.1) is 0 Å². The van der Waals surface area contributed by atoms with Crippen LogP contribution in [0.15, 0.2) is 18.2 Å². The molecule has 2 aliphatic rings. The fourth-order valence-electron chi connectivity index (χ4n) is 4.36. The van der Waals surface area contributed by atoms with Gasteiger partial charge in [-0.25, -0.2) is 4.79 Å². The van der Waals surface area contributed by atoms with Crippen molar-refractivity contribution >= 4 is 17.7 Å². The summed E-state index contributed by atoms with van der Waals surface area (Å²) in [5, 5.41) is 2.69. The van der Waals surface area contributed by atoms with Gasteiger partial charge in [0.15, 0.2) is 0 Å². The van der Waals surface area contributed by atoms with E-state index < -0.39 is 6.09 Å². The normalized spacial score (nSPS) is 21.6. The van der Waals surface area contributed by atoms with Gasteiger partial charge in [-0.3, -0.25) is 10.1 Å². The summed E-state index contributed by atoms with van der Waals surface area (Å²) in [5.41, 5.74) is 1.10. The third-order valence-corrected chi connectivity index (χ3v) is 5.99. The third kappa shape index (κ3) is 4.97. The minimum absolute atomic E-state index is 0.0120. The van der Waals surface area contributed by atoms with Crippen LogP contribution in [0.25, 0.3) is 0 Å². The Balaban J connectivity index is 1.64. The van der Waals surface area contributed by atoms with Crippen molar-refractivity contribution in [2.45, 2.75) is 51.9 Å². The quantitative estimate of drug-likeness (QED) is 0.718. The van der Waals surface area contributed by atoms with E-state index in [1.807, 2.05) is 11.8 Å². The first-order valence-electron chi connectivity index (χ1n) is 10.5. The Kier molecular flexibility index (Phi) is 7.18. The molecule has 1 saturated heterocycles. The lowest BCUT2D eigenvalue weighted by Crippen LogP contribution is -2.44. The molecule has 6 nitrogen and oxygen atoms in total. The monoisotopic (exact) mass is 388 g/mol. The lowest BCUT2D eigenvalue weighted by molar-refractivity contribution is 0.0518. The van der Waals surface area contributed by atoms with Crippen LogP contribution in [-0.4, -0.2) is 43.7 Å². The lowest BCUT2D eigenvalue weighted by atomic mass is 9.75. The van der Waals surface area contributed by atoms with Crippen LogP contribution in [0.1, 0.15) is 62.2 Å². The van der Waals surface area contributed by atoms with Gasteiger partial charge in [0.1, 0.15) is 5.75 Å². The largest absolute Gasteiger partial charge is 0.496 e. The first kappa shape index (κ1) is 20.5. The van der Waals surface area contributed by atoms with Gasteiger partial charge in [-0.1, -0.05) is 32.6 Å². The molecule has 1 N–H and O–H groups in total. The number of fused-ring (bicyclic) bond motifs is 1. The number of hydrogen-bond acceptors (Lipinski definition) is 4. The molecule has 2 atom stereocenters. The number of unbranched alkanes of at least 4 members (excludes halogenated alkanes) is 1. The van der Waals surface area contributed by atoms with Gasteiger partial charge < -0.3 is 14.4 Å². The molecule has 1 aromatic carbocycles. The highest BCUT2D eigenvalue weighted by Gasteiger charge is 2.33. The summed E-state index contributed by atoms with van der Waals surface area (Å²) < 4.78 is 10.6. The van der Waals surface area contributed by atoms with Crippen LogP contribution in [0.3, 0.4) is 0 Å². The first-order valence-corrected chi connectivity index (χ1v) is 10.5. The molecule has 1 unspecified atom stereocenters. The van der Waals surface area contributed by atoms with E-state index in [1.54, 1.807) is 25.3 Å². The number of anilines is 1. The predicted molar refractivity (Wildman–Crippen MR) is 109 cm³/mol. The molecule has 1 heterocycles. The molecule has 28 heavy (non-hydrogen) atoms. The van der Waals surface area contributed by atoms with Gasteiger partial charge in [0, 0.05) is 24.8 Å². The number of nitrogens with zero attached hydrogens (tertiary/aromatic N) is 1. The van der Waals surface area contributed by atoms with Crippen LogP contribution < -0.4 is 10.1 Å². The van der Waals surface area contributed by atoms with E-state index in [-0.39, 0.29) is 5.91 Å². The van der Waals surface area contributed by atoms with Gasteiger partial charge in [-0.2, -0.15) is 0 Å². The summed E-state index contributed by atoms with van der Waals surface area (Å²) in [6.45, 7) is 4.09. The Morgan fingerprint density at radius 1 is 1.18 bits per heavy atom. The van der Waals surface area contributed by atoms with E-state index in [0.29, 0.717) is 29.5 Å². The van der Waals surface area contributed by atoms with Crippen LogP contribution in [0.2, 0.25) is 0 Å². The standard InChI is InChI=1S/C22H32N2O4/c1-3-4-13-28-22(26)23-18-9-10-19(20(14-18)27-2)21(25)24-12-11-16-7-5-6-8-17(16)15-24/h9-10,14,16-17H,3-8,11-13,15H2,1-2H3,(H,23,26)/t16-,17?/m1/s1. The van der Waals surface area contributed by atoms with Crippen molar-refractivity contribution in [3.8, 4) is 5.75 Å². The van der Waals surface area contributed by atoms with E-state index >= 15 is 0 Å². The molecule has 1 aliphatic carbocycles. The van der Waals surface area contributed by atoms with Gasteiger partial charge in [0.2, 0.25) is 0 Å². The zero-order valence-corrected chi connectivity index (χ0v) is 17.0. The molecule has 154 valence electrons. The molecule has 2 amide bonds. The molecular formula is C22H32N2O4. The molecule has 0 bridgehead atoms.